The highest BCUT2D eigenvalue weighted by Crippen LogP contribution is 2.33. The second-order valence-corrected chi connectivity index (χ2v) is 6.73. The fourth-order valence-electron chi connectivity index (χ4n) is 2.91. The average Bonchev–Trinajstić information content (AvgIpc) is 3.28. The molecule has 0 spiro atoms. The van der Waals surface area contributed by atoms with E-state index in [-0.39, 0.29) is 17.9 Å². The van der Waals surface area contributed by atoms with E-state index in [1.807, 2.05) is 42.2 Å². The van der Waals surface area contributed by atoms with Crippen LogP contribution in [0.3, 0.4) is 0 Å². The van der Waals surface area contributed by atoms with Gasteiger partial charge in [0.15, 0.2) is 0 Å². The van der Waals surface area contributed by atoms with E-state index < -0.39 is 6.04 Å². The molecule has 0 unspecified atom stereocenters. The molecule has 0 bridgehead atoms. The lowest BCUT2D eigenvalue weighted by Crippen LogP contribution is -2.48. The van der Waals surface area contributed by atoms with Crippen LogP contribution in [0.15, 0.2) is 53.3 Å². The van der Waals surface area contributed by atoms with Crippen LogP contribution in [-0.2, 0) is 4.79 Å². The summed E-state index contributed by atoms with van der Waals surface area (Å²) in [7, 11) is 0. The van der Waals surface area contributed by atoms with E-state index in [0.29, 0.717) is 11.5 Å². The molecule has 2 amide bonds. The summed E-state index contributed by atoms with van der Waals surface area (Å²) >= 11 is 0. The molecule has 0 aliphatic heterocycles. The number of rotatable bonds is 7. The minimum Gasteiger partial charge on any atom is -0.472 e. The van der Waals surface area contributed by atoms with Crippen LogP contribution >= 0.6 is 0 Å². The van der Waals surface area contributed by atoms with Crippen LogP contribution in [0.5, 0.6) is 0 Å². The molecule has 1 N–H and O–H groups in total. The molecule has 5 heteroatoms. The number of nitrogens with zero attached hydrogens (tertiary/aromatic N) is 1. The average molecular weight is 340 g/mol. The van der Waals surface area contributed by atoms with Gasteiger partial charge >= 0.3 is 0 Å². The van der Waals surface area contributed by atoms with Crippen molar-refractivity contribution in [2.45, 2.75) is 38.8 Å². The van der Waals surface area contributed by atoms with Crippen LogP contribution in [-0.4, -0.2) is 29.3 Å². The molecule has 5 nitrogen and oxygen atoms in total. The normalized spacial score (nSPS) is 16.1. The van der Waals surface area contributed by atoms with Crippen molar-refractivity contribution in [2.24, 2.45) is 5.92 Å². The van der Waals surface area contributed by atoms with E-state index in [0.717, 1.165) is 12.1 Å². The Balaban J connectivity index is 1.71. The number of carbonyl (C=O) groups is 2. The molecule has 1 aromatic carbocycles. The third-order valence-corrected chi connectivity index (χ3v) is 4.69. The van der Waals surface area contributed by atoms with Gasteiger partial charge in [0.05, 0.1) is 17.9 Å². The van der Waals surface area contributed by atoms with E-state index in [1.54, 1.807) is 13.0 Å². The van der Waals surface area contributed by atoms with Crippen molar-refractivity contribution < 1.29 is 14.0 Å². The molecule has 1 aliphatic carbocycles. The first kappa shape index (κ1) is 17.3. The molecule has 2 aromatic rings. The Labute approximate surface area is 148 Å². The summed E-state index contributed by atoms with van der Waals surface area (Å²) in [5.74, 6) is 0.223. The molecule has 3 rings (SSSR count). The maximum Gasteiger partial charge on any atom is 0.255 e. The minimum absolute atomic E-state index is 0.0254. The van der Waals surface area contributed by atoms with Crippen molar-refractivity contribution >= 4 is 11.8 Å². The van der Waals surface area contributed by atoms with E-state index in [1.165, 1.54) is 25.4 Å². The largest absolute Gasteiger partial charge is 0.472 e. The first-order chi connectivity index (χ1) is 12.1. The van der Waals surface area contributed by atoms with Gasteiger partial charge in [0.25, 0.3) is 5.91 Å². The highest BCUT2D eigenvalue weighted by Gasteiger charge is 2.32. The smallest absolute Gasteiger partial charge is 0.255 e. The van der Waals surface area contributed by atoms with Crippen molar-refractivity contribution in [3.63, 3.8) is 0 Å². The van der Waals surface area contributed by atoms with E-state index in [2.05, 4.69) is 5.32 Å². The Hall–Kier alpha value is -2.56. The maximum absolute atomic E-state index is 13.0. The zero-order valence-electron chi connectivity index (χ0n) is 14.6. The van der Waals surface area contributed by atoms with Gasteiger partial charge in [0, 0.05) is 6.54 Å². The van der Waals surface area contributed by atoms with Crippen molar-refractivity contribution in [1.29, 1.82) is 0 Å². The van der Waals surface area contributed by atoms with Gasteiger partial charge in [-0.25, -0.2) is 0 Å². The van der Waals surface area contributed by atoms with Crippen molar-refractivity contribution in [3.05, 3.63) is 60.1 Å². The van der Waals surface area contributed by atoms with Gasteiger partial charge in [0.2, 0.25) is 5.91 Å². The molecule has 1 aromatic heterocycles. The van der Waals surface area contributed by atoms with Gasteiger partial charge < -0.3 is 14.6 Å². The molecule has 0 saturated heterocycles. The van der Waals surface area contributed by atoms with E-state index >= 15 is 0 Å². The lowest BCUT2D eigenvalue weighted by atomic mass is 10.1. The predicted octanol–water partition coefficient (Wildman–Crippen LogP) is 3.40. The molecule has 132 valence electrons. The van der Waals surface area contributed by atoms with Crippen LogP contribution in [0.4, 0.5) is 0 Å². The molecule has 0 radical (unpaired) electrons. The lowest BCUT2D eigenvalue weighted by molar-refractivity contribution is -0.135. The summed E-state index contributed by atoms with van der Waals surface area (Å²) in [5, 5.41) is 2.77. The first-order valence-electron chi connectivity index (χ1n) is 8.74. The van der Waals surface area contributed by atoms with E-state index in [4.69, 9.17) is 4.42 Å². The van der Waals surface area contributed by atoms with Crippen molar-refractivity contribution in [1.82, 2.24) is 10.2 Å². The summed E-state index contributed by atoms with van der Waals surface area (Å²) in [6.45, 7) is 4.51. The third-order valence-electron chi connectivity index (χ3n) is 4.69. The molecule has 1 aliphatic rings. The predicted molar refractivity (Wildman–Crippen MR) is 94.9 cm³/mol. The zero-order chi connectivity index (χ0) is 17.8. The maximum atomic E-state index is 13.0. The van der Waals surface area contributed by atoms with Gasteiger partial charge in [-0.1, -0.05) is 30.3 Å². The van der Waals surface area contributed by atoms with E-state index in [9.17, 15) is 9.59 Å². The van der Waals surface area contributed by atoms with Crippen molar-refractivity contribution in [3.8, 4) is 0 Å². The molecule has 1 heterocycles. The number of hydrogen-bond donors (Lipinski definition) is 1. The lowest BCUT2D eigenvalue weighted by Gasteiger charge is -2.32. The Kier molecular flexibility index (Phi) is 5.22. The van der Waals surface area contributed by atoms with Crippen LogP contribution in [0.1, 0.15) is 48.7 Å². The van der Waals surface area contributed by atoms with Gasteiger partial charge in [-0.05, 0) is 44.2 Å². The molecule has 2 atom stereocenters. The molecular weight excluding hydrogens is 316 g/mol. The van der Waals surface area contributed by atoms with Gasteiger partial charge in [-0.2, -0.15) is 0 Å². The summed E-state index contributed by atoms with van der Waals surface area (Å²) in [6, 6.07) is 11.0. The number of hydrogen-bond acceptors (Lipinski definition) is 3. The molecular formula is C20H24N2O3. The Bertz CT molecular complexity index is 708. The molecule has 25 heavy (non-hydrogen) atoms. The fourth-order valence-corrected chi connectivity index (χ4v) is 2.91. The minimum atomic E-state index is -0.590. The van der Waals surface area contributed by atoms with Crippen LogP contribution in [0.25, 0.3) is 0 Å². The summed E-state index contributed by atoms with van der Waals surface area (Å²) < 4.78 is 4.93. The second-order valence-electron chi connectivity index (χ2n) is 6.73. The fraction of sp³-hybridized carbons (Fsp3) is 0.400. The standard InChI is InChI=1S/C20H24N2O3/c1-14(21-19(23)18-10-11-25-13-18)20(24)22(12-16-8-9-16)15(2)17-6-4-3-5-7-17/h3-7,10-11,13-16H,8-9,12H2,1-2H3,(H,21,23)/t14-,15+/m1/s1. The molecule has 1 saturated carbocycles. The van der Waals surface area contributed by atoms with Crippen LogP contribution in [0.2, 0.25) is 0 Å². The van der Waals surface area contributed by atoms with Crippen molar-refractivity contribution in [2.75, 3.05) is 6.54 Å². The zero-order valence-corrected chi connectivity index (χ0v) is 14.6. The Morgan fingerprint density at radius 1 is 1.20 bits per heavy atom. The first-order valence-corrected chi connectivity index (χ1v) is 8.74. The third kappa shape index (κ3) is 4.29. The number of furan rings is 1. The van der Waals surface area contributed by atoms with Gasteiger partial charge in [-0.3, -0.25) is 9.59 Å². The SMILES string of the molecule is C[C@@H](NC(=O)c1ccoc1)C(=O)N(CC1CC1)[C@@H](C)c1ccccc1. The summed E-state index contributed by atoms with van der Waals surface area (Å²) in [5.41, 5.74) is 1.52. The number of amides is 2. The highest BCUT2D eigenvalue weighted by atomic mass is 16.3. The summed E-state index contributed by atoms with van der Waals surface area (Å²) in [6.07, 6.45) is 5.15. The number of benzene rings is 1. The topological polar surface area (TPSA) is 62.6 Å². The second kappa shape index (κ2) is 7.55. The Morgan fingerprint density at radius 3 is 2.52 bits per heavy atom. The molecule has 1 fully saturated rings. The van der Waals surface area contributed by atoms with Gasteiger partial charge in [0.1, 0.15) is 12.3 Å². The number of nitrogens with one attached hydrogen (secondary N) is 1. The monoisotopic (exact) mass is 340 g/mol. The highest BCUT2D eigenvalue weighted by molar-refractivity contribution is 5.97. The number of carbonyl (C=O) groups excluding carboxylic acids is 2. The Morgan fingerprint density at radius 2 is 1.92 bits per heavy atom. The summed E-state index contributed by atoms with van der Waals surface area (Å²) in [4.78, 5) is 27.1. The van der Waals surface area contributed by atoms with Gasteiger partial charge in [-0.15, -0.1) is 0 Å². The van der Waals surface area contributed by atoms with Crippen LogP contribution in [0, 0.1) is 5.92 Å². The van der Waals surface area contributed by atoms with Crippen LogP contribution < -0.4 is 5.32 Å². The quantitative estimate of drug-likeness (QED) is 0.840.